The Morgan fingerprint density at radius 1 is 0.846 bits per heavy atom. The molecule has 0 saturated heterocycles. The molecule has 0 N–H and O–H groups in total. The Balaban J connectivity index is 1.85. The van der Waals surface area contributed by atoms with Crippen LogP contribution in [0.3, 0.4) is 0 Å². The van der Waals surface area contributed by atoms with Crippen LogP contribution < -0.4 is 14.2 Å². The Labute approximate surface area is 155 Å². The molecule has 3 aromatic carbocycles. The van der Waals surface area contributed by atoms with Gasteiger partial charge in [0.15, 0.2) is 0 Å². The quantitative estimate of drug-likeness (QED) is 0.594. The average molecular weight is 347 g/mol. The molecule has 3 aromatic rings. The molecule has 0 aromatic heterocycles. The Morgan fingerprint density at radius 3 is 2.12 bits per heavy atom. The summed E-state index contributed by atoms with van der Waals surface area (Å²) in [7, 11) is 3.22. The monoisotopic (exact) mass is 347 g/mol. The highest BCUT2D eigenvalue weighted by atomic mass is 16.5. The van der Waals surface area contributed by atoms with Gasteiger partial charge in [-0.3, -0.25) is 0 Å². The Kier molecular flexibility index (Phi) is 5.47. The van der Waals surface area contributed by atoms with E-state index in [9.17, 15) is 0 Å². The number of ether oxygens (including phenoxy) is 3. The predicted molar refractivity (Wildman–Crippen MR) is 105 cm³/mol. The summed E-state index contributed by atoms with van der Waals surface area (Å²) in [6.45, 7) is 6.57. The van der Waals surface area contributed by atoms with E-state index in [4.69, 9.17) is 14.2 Å². The highest BCUT2D eigenvalue weighted by molar-refractivity contribution is 5.68. The molecule has 0 spiro atoms. The van der Waals surface area contributed by atoms with Crippen LogP contribution in [-0.2, 0) is 6.61 Å². The van der Waals surface area contributed by atoms with Gasteiger partial charge in [0, 0.05) is 17.7 Å². The topological polar surface area (TPSA) is 27.7 Å². The molecule has 3 nitrogen and oxygen atoms in total. The second-order valence-corrected chi connectivity index (χ2v) is 6.05. The van der Waals surface area contributed by atoms with Gasteiger partial charge in [-0.2, -0.15) is 0 Å². The summed E-state index contributed by atoms with van der Waals surface area (Å²) in [5, 5.41) is 0. The first-order chi connectivity index (χ1) is 12.6. The third kappa shape index (κ3) is 3.67. The highest BCUT2D eigenvalue weighted by Gasteiger charge is 2.11. The van der Waals surface area contributed by atoms with Crippen LogP contribution in [0, 0.1) is 13.8 Å². The van der Waals surface area contributed by atoms with Crippen molar-refractivity contribution in [3.63, 3.8) is 0 Å². The Hall–Kier alpha value is -2.94. The van der Waals surface area contributed by atoms with Crippen LogP contribution in [0.15, 0.2) is 60.7 Å². The third-order valence-electron chi connectivity index (χ3n) is 4.51. The minimum absolute atomic E-state index is 0.468. The second-order valence-electron chi connectivity index (χ2n) is 6.05. The molecule has 0 heterocycles. The predicted octanol–water partition coefficient (Wildman–Crippen LogP) is 5.44. The lowest BCUT2D eigenvalue weighted by atomic mass is 9.97. The van der Waals surface area contributed by atoms with Gasteiger partial charge in [-0.15, -0.1) is 0 Å². The molecule has 3 heteroatoms. The Morgan fingerprint density at radius 2 is 1.50 bits per heavy atom. The molecule has 0 aliphatic heterocycles. The molecular weight excluding hydrogens is 324 g/mol. The van der Waals surface area contributed by atoms with E-state index >= 15 is 0 Å². The maximum absolute atomic E-state index is 6.02. The lowest BCUT2D eigenvalue weighted by Gasteiger charge is -2.15. The van der Waals surface area contributed by atoms with Crippen molar-refractivity contribution in [1.82, 2.24) is 0 Å². The zero-order chi connectivity index (χ0) is 18.5. The van der Waals surface area contributed by atoms with E-state index in [2.05, 4.69) is 56.3 Å². The first-order valence-electron chi connectivity index (χ1n) is 8.48. The van der Waals surface area contributed by atoms with Gasteiger partial charge in [0.05, 0.1) is 14.2 Å². The molecule has 0 atom stereocenters. The fraction of sp³-hybridized carbons (Fsp3) is 0.174. The average Bonchev–Trinajstić information content (AvgIpc) is 2.68. The van der Waals surface area contributed by atoms with Gasteiger partial charge in [-0.1, -0.05) is 48.5 Å². The molecule has 0 amide bonds. The van der Waals surface area contributed by atoms with Crippen LogP contribution in [0.4, 0.5) is 0 Å². The lowest BCUT2D eigenvalue weighted by Crippen LogP contribution is -2.01. The summed E-state index contributed by atoms with van der Waals surface area (Å²) in [5.74, 6) is 1.99. The van der Waals surface area contributed by atoms with Crippen LogP contribution in [0.25, 0.3) is 11.1 Å². The summed E-state index contributed by atoms with van der Waals surface area (Å²) >= 11 is 0. The molecule has 0 saturated carbocycles. The zero-order valence-corrected chi connectivity index (χ0v) is 15.4. The molecule has 133 valence electrons. The summed E-state index contributed by atoms with van der Waals surface area (Å²) < 4.78 is 16.7. The summed E-state index contributed by atoms with van der Waals surface area (Å²) in [6.07, 6.45) is 0. The van der Waals surface area contributed by atoms with Gasteiger partial charge in [0.1, 0.15) is 23.9 Å². The normalized spacial score (nSPS) is 10.5. The smallest absolute Gasteiger partial charge is 0.129 e. The van der Waals surface area contributed by atoms with E-state index < -0.39 is 0 Å². The van der Waals surface area contributed by atoms with Gasteiger partial charge in [-0.05, 0) is 36.1 Å². The van der Waals surface area contributed by atoms with Crippen molar-refractivity contribution in [3.8, 4) is 28.4 Å². The minimum atomic E-state index is 0.468. The van der Waals surface area contributed by atoms with Crippen LogP contribution >= 0.6 is 0 Å². The highest BCUT2D eigenvalue weighted by Crippen LogP contribution is 2.34. The molecule has 0 bridgehead atoms. The van der Waals surface area contributed by atoms with E-state index in [1.807, 2.05) is 18.2 Å². The summed E-state index contributed by atoms with van der Waals surface area (Å²) in [5.41, 5.74) is 5.49. The number of hydrogen-bond acceptors (Lipinski definition) is 3. The van der Waals surface area contributed by atoms with Crippen molar-refractivity contribution in [2.75, 3.05) is 14.2 Å². The van der Waals surface area contributed by atoms with E-state index in [0.717, 1.165) is 5.56 Å². The molecule has 3 rings (SSSR count). The molecule has 1 radical (unpaired) electrons. The maximum atomic E-state index is 6.02. The van der Waals surface area contributed by atoms with Crippen LogP contribution in [0.5, 0.6) is 17.2 Å². The van der Waals surface area contributed by atoms with Crippen molar-refractivity contribution >= 4 is 0 Å². The van der Waals surface area contributed by atoms with Gasteiger partial charge >= 0.3 is 0 Å². The molecule has 0 fully saturated rings. The van der Waals surface area contributed by atoms with Gasteiger partial charge in [-0.25, -0.2) is 0 Å². The molecular formula is C23H23O3. The number of methoxy groups -OCH3 is 2. The largest absolute Gasteiger partial charge is 0.496 e. The van der Waals surface area contributed by atoms with Crippen LogP contribution in [0.1, 0.15) is 16.7 Å². The van der Waals surface area contributed by atoms with Crippen LogP contribution in [-0.4, -0.2) is 14.2 Å². The lowest BCUT2D eigenvalue weighted by molar-refractivity contribution is 0.299. The van der Waals surface area contributed by atoms with E-state index in [0.29, 0.717) is 29.4 Å². The molecule has 0 aliphatic rings. The van der Waals surface area contributed by atoms with Gasteiger partial charge < -0.3 is 14.2 Å². The first-order valence-corrected chi connectivity index (χ1v) is 8.48. The zero-order valence-electron chi connectivity index (χ0n) is 15.4. The van der Waals surface area contributed by atoms with E-state index in [-0.39, 0.29) is 0 Å². The maximum Gasteiger partial charge on any atom is 0.129 e. The fourth-order valence-corrected chi connectivity index (χ4v) is 2.97. The standard InChI is InChI=1S/C23H23O3/c1-16-19(11-8-12-21(16)18-9-6-5-7-10-18)15-26-20-13-22(24-3)17(2)23(14-20)25-4/h5-14H,2,15H2,1,3-4H3. The molecule has 26 heavy (non-hydrogen) atoms. The molecule has 0 unspecified atom stereocenters. The van der Waals surface area contributed by atoms with Gasteiger partial charge in [0.2, 0.25) is 0 Å². The number of benzene rings is 3. The van der Waals surface area contributed by atoms with E-state index in [1.54, 1.807) is 14.2 Å². The first kappa shape index (κ1) is 17.9. The van der Waals surface area contributed by atoms with Crippen LogP contribution in [0.2, 0.25) is 0 Å². The number of hydrogen-bond donors (Lipinski definition) is 0. The molecule has 0 aliphatic carbocycles. The number of rotatable bonds is 6. The van der Waals surface area contributed by atoms with Gasteiger partial charge in [0.25, 0.3) is 0 Å². The van der Waals surface area contributed by atoms with Crippen molar-refractivity contribution in [3.05, 3.63) is 84.3 Å². The van der Waals surface area contributed by atoms with Crippen molar-refractivity contribution in [1.29, 1.82) is 0 Å². The minimum Gasteiger partial charge on any atom is -0.496 e. The fourth-order valence-electron chi connectivity index (χ4n) is 2.97. The van der Waals surface area contributed by atoms with E-state index in [1.165, 1.54) is 16.7 Å². The SMILES string of the molecule is [CH2]c1c(OC)cc(OCc2cccc(-c3ccccc3)c2C)cc1OC. The van der Waals surface area contributed by atoms with Crippen molar-refractivity contribution in [2.45, 2.75) is 13.5 Å². The third-order valence-corrected chi connectivity index (χ3v) is 4.51. The summed E-state index contributed by atoms with van der Waals surface area (Å²) in [6, 6.07) is 20.3. The second kappa shape index (κ2) is 7.96. The Bertz CT molecular complexity index is 860. The van der Waals surface area contributed by atoms with Crippen molar-refractivity contribution < 1.29 is 14.2 Å². The summed E-state index contributed by atoms with van der Waals surface area (Å²) in [4.78, 5) is 0. The van der Waals surface area contributed by atoms with Crippen molar-refractivity contribution in [2.24, 2.45) is 0 Å².